The number of halogens is 1. The summed E-state index contributed by atoms with van der Waals surface area (Å²) in [5, 5.41) is 10.6. The molecule has 0 aliphatic heterocycles. The van der Waals surface area contributed by atoms with Gasteiger partial charge in [-0.2, -0.15) is 0 Å². The van der Waals surface area contributed by atoms with E-state index in [1.54, 1.807) is 7.05 Å². The smallest absolute Gasteiger partial charge is 0.191 e. The lowest BCUT2D eigenvalue weighted by Crippen LogP contribution is -2.41. The highest BCUT2D eigenvalue weighted by molar-refractivity contribution is 14.0. The minimum Gasteiger partial charge on any atom is -0.359 e. The van der Waals surface area contributed by atoms with E-state index in [1.165, 1.54) is 0 Å². The third-order valence-corrected chi connectivity index (χ3v) is 3.84. The maximum atomic E-state index is 5.26. The molecule has 0 amide bonds. The Bertz CT molecular complexity index is 465. The van der Waals surface area contributed by atoms with Gasteiger partial charge in [0.25, 0.3) is 0 Å². The van der Waals surface area contributed by atoms with Gasteiger partial charge in [0.15, 0.2) is 11.7 Å². The number of rotatable bonds is 9. The minimum atomic E-state index is 0. The van der Waals surface area contributed by atoms with Crippen molar-refractivity contribution in [1.82, 2.24) is 20.7 Å². The number of aliphatic imine (C=N–C) groups is 1. The Morgan fingerprint density at radius 3 is 2.42 bits per heavy atom. The molecule has 1 aromatic heterocycles. The zero-order valence-corrected chi connectivity index (χ0v) is 18.3. The number of hydrogen-bond donors (Lipinski definition) is 2. The molecule has 1 heterocycles. The Morgan fingerprint density at radius 2 is 1.92 bits per heavy atom. The van der Waals surface area contributed by atoms with E-state index in [4.69, 9.17) is 4.52 Å². The molecule has 0 saturated heterocycles. The molecule has 2 N–H and O–H groups in total. The van der Waals surface area contributed by atoms with E-state index in [0.717, 1.165) is 43.3 Å². The van der Waals surface area contributed by atoms with Crippen molar-refractivity contribution in [3.05, 3.63) is 17.5 Å². The molecule has 0 spiro atoms. The summed E-state index contributed by atoms with van der Waals surface area (Å²) in [4.78, 5) is 6.73. The summed E-state index contributed by atoms with van der Waals surface area (Å²) in [7, 11) is 1.78. The van der Waals surface area contributed by atoms with Crippen molar-refractivity contribution in [2.75, 3.05) is 20.1 Å². The predicted molar refractivity (Wildman–Crippen MR) is 111 cm³/mol. The Kier molecular flexibility index (Phi) is 12.1. The van der Waals surface area contributed by atoms with Gasteiger partial charge in [-0.25, -0.2) is 0 Å². The third-order valence-electron chi connectivity index (χ3n) is 3.84. The first-order valence-corrected chi connectivity index (χ1v) is 8.62. The second-order valence-electron chi connectivity index (χ2n) is 6.27. The van der Waals surface area contributed by atoms with Crippen LogP contribution in [0.1, 0.15) is 52.5 Å². The van der Waals surface area contributed by atoms with Gasteiger partial charge in [-0.1, -0.05) is 12.1 Å². The molecule has 6 nitrogen and oxygen atoms in total. The van der Waals surface area contributed by atoms with Crippen molar-refractivity contribution in [3.63, 3.8) is 0 Å². The van der Waals surface area contributed by atoms with Gasteiger partial charge in [0.05, 0.1) is 12.2 Å². The molecule has 24 heavy (non-hydrogen) atoms. The number of aryl methyl sites for hydroxylation is 1. The van der Waals surface area contributed by atoms with Crippen molar-refractivity contribution >= 4 is 29.9 Å². The van der Waals surface area contributed by atoms with E-state index in [2.05, 4.69) is 60.3 Å². The molecule has 0 saturated carbocycles. The lowest BCUT2D eigenvalue weighted by molar-refractivity contribution is 0.173. The normalized spacial score (nSPS) is 12.0. The van der Waals surface area contributed by atoms with Crippen LogP contribution in [0.3, 0.4) is 0 Å². The number of nitrogens with one attached hydrogen (secondary N) is 2. The van der Waals surface area contributed by atoms with Gasteiger partial charge in [0, 0.05) is 38.3 Å². The molecular formula is C17H34IN5O. The summed E-state index contributed by atoms with van der Waals surface area (Å²) in [6.45, 7) is 13.6. The van der Waals surface area contributed by atoms with Crippen LogP contribution < -0.4 is 10.6 Å². The van der Waals surface area contributed by atoms with E-state index in [0.29, 0.717) is 18.6 Å². The van der Waals surface area contributed by atoms with Crippen LogP contribution in [0.4, 0.5) is 0 Å². The Labute approximate surface area is 163 Å². The van der Waals surface area contributed by atoms with Gasteiger partial charge in [-0.05, 0) is 40.5 Å². The van der Waals surface area contributed by atoms with E-state index in [9.17, 15) is 0 Å². The molecular weight excluding hydrogens is 417 g/mol. The first kappa shape index (κ1) is 23.2. The average molecular weight is 451 g/mol. The van der Waals surface area contributed by atoms with Crippen LogP contribution in [0, 0.1) is 0 Å². The molecule has 0 aromatic carbocycles. The van der Waals surface area contributed by atoms with Crippen LogP contribution in [0.25, 0.3) is 0 Å². The van der Waals surface area contributed by atoms with E-state index in [1.807, 2.05) is 6.07 Å². The summed E-state index contributed by atoms with van der Waals surface area (Å²) in [5.74, 6) is 1.62. The average Bonchev–Trinajstić information content (AvgIpc) is 2.97. The molecule has 1 aromatic rings. The van der Waals surface area contributed by atoms with Crippen molar-refractivity contribution in [2.45, 2.75) is 66.1 Å². The number of hydrogen-bond acceptors (Lipinski definition) is 4. The quantitative estimate of drug-likeness (QED) is 0.262. The third kappa shape index (κ3) is 8.32. The highest BCUT2D eigenvalue weighted by atomic mass is 127. The maximum Gasteiger partial charge on any atom is 0.191 e. The Balaban J connectivity index is 0.00000529. The fourth-order valence-electron chi connectivity index (χ4n) is 2.58. The van der Waals surface area contributed by atoms with E-state index >= 15 is 0 Å². The van der Waals surface area contributed by atoms with Gasteiger partial charge in [0.2, 0.25) is 0 Å². The van der Waals surface area contributed by atoms with Crippen LogP contribution in [0.5, 0.6) is 0 Å². The highest BCUT2D eigenvalue weighted by Crippen LogP contribution is 2.05. The zero-order chi connectivity index (χ0) is 17.2. The SMILES string of the molecule is CCc1cc(CNC(=NC)NCCCN(C(C)C)C(C)C)on1.I. The molecule has 0 aliphatic rings. The summed E-state index contributed by atoms with van der Waals surface area (Å²) in [6, 6.07) is 3.13. The first-order chi connectivity index (χ1) is 11.0. The van der Waals surface area contributed by atoms with E-state index in [-0.39, 0.29) is 24.0 Å². The van der Waals surface area contributed by atoms with Crippen LogP contribution >= 0.6 is 24.0 Å². The number of nitrogens with zero attached hydrogens (tertiary/aromatic N) is 3. The fraction of sp³-hybridized carbons (Fsp3) is 0.765. The van der Waals surface area contributed by atoms with Gasteiger partial charge in [0.1, 0.15) is 0 Å². The van der Waals surface area contributed by atoms with Crippen molar-refractivity contribution < 1.29 is 4.52 Å². The highest BCUT2D eigenvalue weighted by Gasteiger charge is 2.12. The molecule has 0 aliphatic carbocycles. The van der Waals surface area contributed by atoms with Gasteiger partial charge < -0.3 is 15.2 Å². The first-order valence-electron chi connectivity index (χ1n) is 8.62. The number of guanidine groups is 1. The van der Waals surface area contributed by atoms with Crippen LogP contribution in [-0.4, -0.2) is 48.2 Å². The second-order valence-corrected chi connectivity index (χ2v) is 6.27. The number of aromatic nitrogens is 1. The molecule has 0 atom stereocenters. The van der Waals surface area contributed by atoms with Crippen molar-refractivity contribution in [3.8, 4) is 0 Å². The Morgan fingerprint density at radius 1 is 1.25 bits per heavy atom. The van der Waals surface area contributed by atoms with Crippen LogP contribution in [0.15, 0.2) is 15.6 Å². The van der Waals surface area contributed by atoms with Gasteiger partial charge in [-0.3, -0.25) is 9.89 Å². The molecule has 7 heteroatoms. The second kappa shape index (κ2) is 12.5. The minimum absolute atomic E-state index is 0. The molecule has 0 radical (unpaired) electrons. The summed E-state index contributed by atoms with van der Waals surface area (Å²) >= 11 is 0. The topological polar surface area (TPSA) is 65.7 Å². The molecule has 1 rings (SSSR count). The Hall–Kier alpha value is -0.830. The molecule has 0 unspecified atom stereocenters. The predicted octanol–water partition coefficient (Wildman–Crippen LogP) is 3.03. The standard InChI is InChI=1S/C17H33N5O.HI/c1-7-15-11-16(23-21-15)12-20-17(18-6)19-9-8-10-22(13(2)3)14(4)5;/h11,13-14H,7-10,12H2,1-6H3,(H2,18,19,20);1H. The lowest BCUT2D eigenvalue weighted by Gasteiger charge is -2.30. The molecule has 140 valence electrons. The largest absolute Gasteiger partial charge is 0.359 e. The summed E-state index contributed by atoms with van der Waals surface area (Å²) in [6.07, 6.45) is 1.97. The molecule has 0 bridgehead atoms. The van der Waals surface area contributed by atoms with Crippen molar-refractivity contribution in [2.24, 2.45) is 4.99 Å². The summed E-state index contributed by atoms with van der Waals surface area (Å²) < 4.78 is 5.26. The molecule has 0 fully saturated rings. The van der Waals surface area contributed by atoms with Gasteiger partial charge >= 0.3 is 0 Å². The fourth-order valence-corrected chi connectivity index (χ4v) is 2.58. The van der Waals surface area contributed by atoms with Crippen LogP contribution in [-0.2, 0) is 13.0 Å². The maximum absolute atomic E-state index is 5.26. The van der Waals surface area contributed by atoms with E-state index < -0.39 is 0 Å². The van der Waals surface area contributed by atoms with Crippen LogP contribution in [0.2, 0.25) is 0 Å². The lowest BCUT2D eigenvalue weighted by atomic mass is 10.2. The monoisotopic (exact) mass is 451 g/mol. The van der Waals surface area contributed by atoms with Crippen molar-refractivity contribution in [1.29, 1.82) is 0 Å². The van der Waals surface area contributed by atoms with Gasteiger partial charge in [-0.15, -0.1) is 24.0 Å². The zero-order valence-electron chi connectivity index (χ0n) is 15.9. The summed E-state index contributed by atoms with van der Waals surface area (Å²) in [5.41, 5.74) is 0.979.